The quantitative estimate of drug-likeness (QED) is 0.464. The van der Waals surface area contributed by atoms with E-state index in [0.717, 1.165) is 6.42 Å². The molecule has 0 spiro atoms. The molecule has 0 heterocycles. The van der Waals surface area contributed by atoms with Crippen LogP contribution in [-0.4, -0.2) is 5.11 Å². The highest BCUT2D eigenvalue weighted by molar-refractivity contribution is 4.81. The average molecular weight is 87.1 g/mol. The summed E-state index contributed by atoms with van der Waals surface area (Å²) in [4.78, 5) is 0. The predicted molar refractivity (Wildman–Crippen MR) is 25.2 cm³/mol. The first-order valence-corrected chi connectivity index (χ1v) is 1.92. The lowest BCUT2D eigenvalue weighted by atomic mass is 10.5. The van der Waals surface area contributed by atoms with Crippen molar-refractivity contribution in [2.45, 2.75) is 13.3 Å². The minimum Gasteiger partial charge on any atom is -0.495 e. The number of rotatable bonds is 1. The predicted octanol–water partition coefficient (Wildman–Crippen LogP) is 0.755. The standard InChI is InChI=1S/C4H9NO/c1-2-3-4(5)6/h3,6H,2,5H2,1H3/b4-3+. The van der Waals surface area contributed by atoms with Gasteiger partial charge in [-0.3, -0.25) is 0 Å². The molecule has 0 aliphatic heterocycles. The van der Waals surface area contributed by atoms with E-state index in [4.69, 9.17) is 10.8 Å². The molecule has 0 unspecified atom stereocenters. The molecule has 0 rings (SSSR count). The molecule has 3 N–H and O–H groups in total. The molecule has 0 amide bonds. The number of hydrogen-bond acceptors (Lipinski definition) is 2. The molecule has 0 radical (unpaired) electrons. The molecule has 0 bridgehead atoms. The van der Waals surface area contributed by atoms with Gasteiger partial charge in [0.25, 0.3) is 0 Å². The minimum absolute atomic E-state index is 0.0856. The van der Waals surface area contributed by atoms with Gasteiger partial charge in [0, 0.05) is 0 Å². The second-order valence-corrected chi connectivity index (χ2v) is 1.04. The Morgan fingerprint density at radius 3 is 2.50 bits per heavy atom. The van der Waals surface area contributed by atoms with Crippen LogP contribution < -0.4 is 5.73 Å². The van der Waals surface area contributed by atoms with Gasteiger partial charge in [-0.25, -0.2) is 0 Å². The zero-order valence-electron chi connectivity index (χ0n) is 3.81. The number of aliphatic hydroxyl groups excluding tert-OH is 1. The molecule has 0 aliphatic rings. The maximum Gasteiger partial charge on any atom is 0.177 e. The smallest absolute Gasteiger partial charge is 0.177 e. The number of aliphatic hydroxyl groups is 1. The van der Waals surface area contributed by atoms with Crippen molar-refractivity contribution in [3.63, 3.8) is 0 Å². The van der Waals surface area contributed by atoms with Crippen LogP contribution in [-0.2, 0) is 0 Å². The molecule has 0 aromatic rings. The summed E-state index contributed by atoms with van der Waals surface area (Å²) in [6.45, 7) is 1.91. The molecule has 6 heavy (non-hydrogen) atoms. The Labute approximate surface area is 37.3 Å². The molecule has 0 atom stereocenters. The molecule has 0 aromatic heterocycles. The Morgan fingerprint density at radius 2 is 2.50 bits per heavy atom. The zero-order chi connectivity index (χ0) is 4.99. The van der Waals surface area contributed by atoms with E-state index in [1.165, 1.54) is 0 Å². The van der Waals surface area contributed by atoms with Gasteiger partial charge < -0.3 is 10.8 Å². The van der Waals surface area contributed by atoms with E-state index in [-0.39, 0.29) is 5.88 Å². The van der Waals surface area contributed by atoms with Crippen molar-refractivity contribution in [2.75, 3.05) is 0 Å². The topological polar surface area (TPSA) is 46.2 Å². The molecule has 36 valence electrons. The SMILES string of the molecule is CC/C=C(\N)O. The van der Waals surface area contributed by atoms with Gasteiger partial charge in [-0.1, -0.05) is 6.92 Å². The van der Waals surface area contributed by atoms with Crippen molar-refractivity contribution in [1.29, 1.82) is 0 Å². The third-order valence-corrected chi connectivity index (χ3v) is 0.413. The summed E-state index contributed by atoms with van der Waals surface area (Å²) in [6.07, 6.45) is 2.34. The Kier molecular flexibility index (Phi) is 2.29. The normalized spacial score (nSPS) is 11.8. The third kappa shape index (κ3) is 3.34. The molecular formula is C4H9NO. The molecule has 0 fully saturated rings. The lowest BCUT2D eigenvalue weighted by Crippen LogP contribution is -1.92. The summed E-state index contributed by atoms with van der Waals surface area (Å²) in [5.74, 6) is -0.0856. The average Bonchev–Trinajstić information content (AvgIpc) is 1.35. The summed E-state index contributed by atoms with van der Waals surface area (Å²) in [7, 11) is 0. The van der Waals surface area contributed by atoms with Crippen molar-refractivity contribution in [3.8, 4) is 0 Å². The highest BCUT2D eigenvalue weighted by Gasteiger charge is 1.70. The summed E-state index contributed by atoms with van der Waals surface area (Å²) in [5.41, 5.74) is 4.82. The van der Waals surface area contributed by atoms with Gasteiger partial charge in [0.05, 0.1) is 0 Å². The summed E-state index contributed by atoms with van der Waals surface area (Å²) < 4.78 is 0. The van der Waals surface area contributed by atoms with Gasteiger partial charge in [0.2, 0.25) is 0 Å². The first kappa shape index (κ1) is 5.34. The molecule has 0 saturated carbocycles. The van der Waals surface area contributed by atoms with Crippen molar-refractivity contribution in [1.82, 2.24) is 0 Å². The van der Waals surface area contributed by atoms with Crippen LogP contribution in [0.15, 0.2) is 12.0 Å². The van der Waals surface area contributed by atoms with E-state index < -0.39 is 0 Å². The van der Waals surface area contributed by atoms with E-state index in [2.05, 4.69) is 0 Å². The van der Waals surface area contributed by atoms with Crippen LogP contribution in [0.2, 0.25) is 0 Å². The second-order valence-electron chi connectivity index (χ2n) is 1.04. The summed E-state index contributed by atoms with van der Waals surface area (Å²) in [6, 6.07) is 0. The van der Waals surface area contributed by atoms with E-state index in [9.17, 15) is 0 Å². The third-order valence-electron chi connectivity index (χ3n) is 0.413. The molecule has 2 heteroatoms. The van der Waals surface area contributed by atoms with Gasteiger partial charge in [0.1, 0.15) is 0 Å². The Morgan fingerprint density at radius 1 is 2.00 bits per heavy atom. The maximum atomic E-state index is 8.19. The Balaban J connectivity index is 3.14. The van der Waals surface area contributed by atoms with E-state index >= 15 is 0 Å². The minimum atomic E-state index is -0.0856. The fraction of sp³-hybridized carbons (Fsp3) is 0.500. The van der Waals surface area contributed by atoms with Gasteiger partial charge in [-0.2, -0.15) is 0 Å². The van der Waals surface area contributed by atoms with Crippen LogP contribution in [0.5, 0.6) is 0 Å². The molecule has 0 aliphatic carbocycles. The van der Waals surface area contributed by atoms with Crippen LogP contribution in [0, 0.1) is 0 Å². The highest BCUT2D eigenvalue weighted by Crippen LogP contribution is 1.78. The number of nitrogens with two attached hydrogens (primary N) is 1. The van der Waals surface area contributed by atoms with Gasteiger partial charge >= 0.3 is 0 Å². The highest BCUT2D eigenvalue weighted by atomic mass is 16.3. The second kappa shape index (κ2) is 2.57. The first-order valence-electron chi connectivity index (χ1n) is 1.92. The van der Waals surface area contributed by atoms with Crippen LogP contribution in [0.3, 0.4) is 0 Å². The molecule has 0 saturated heterocycles. The maximum absolute atomic E-state index is 8.19. The summed E-state index contributed by atoms with van der Waals surface area (Å²) >= 11 is 0. The fourth-order valence-electron chi connectivity index (χ4n) is 0.209. The van der Waals surface area contributed by atoms with Crippen LogP contribution in [0.4, 0.5) is 0 Å². The van der Waals surface area contributed by atoms with Crippen molar-refractivity contribution >= 4 is 0 Å². The van der Waals surface area contributed by atoms with E-state index in [0.29, 0.717) is 0 Å². The van der Waals surface area contributed by atoms with E-state index in [1.54, 1.807) is 6.08 Å². The first-order chi connectivity index (χ1) is 2.77. The van der Waals surface area contributed by atoms with Crippen LogP contribution >= 0.6 is 0 Å². The number of hydrogen-bond donors (Lipinski definition) is 2. The van der Waals surface area contributed by atoms with Crippen molar-refractivity contribution in [3.05, 3.63) is 12.0 Å². The van der Waals surface area contributed by atoms with Crippen molar-refractivity contribution < 1.29 is 5.11 Å². The van der Waals surface area contributed by atoms with E-state index in [1.807, 2.05) is 6.92 Å². The van der Waals surface area contributed by atoms with Gasteiger partial charge in [-0.05, 0) is 12.5 Å². The van der Waals surface area contributed by atoms with Gasteiger partial charge in [0.15, 0.2) is 5.88 Å². The van der Waals surface area contributed by atoms with Crippen molar-refractivity contribution in [2.24, 2.45) is 5.73 Å². The summed E-state index contributed by atoms with van der Waals surface area (Å²) in [5, 5.41) is 8.19. The van der Waals surface area contributed by atoms with Gasteiger partial charge in [-0.15, -0.1) is 0 Å². The molecular weight excluding hydrogens is 78.0 g/mol. The molecule has 2 nitrogen and oxygen atoms in total. The Bertz CT molecular complexity index is 54.6. The Hall–Kier alpha value is -0.660. The largest absolute Gasteiger partial charge is 0.495 e. The fourth-order valence-corrected chi connectivity index (χ4v) is 0.209. The van der Waals surface area contributed by atoms with Crippen LogP contribution in [0.25, 0.3) is 0 Å². The lowest BCUT2D eigenvalue weighted by molar-refractivity contribution is 0.403. The molecule has 0 aromatic carbocycles. The lowest BCUT2D eigenvalue weighted by Gasteiger charge is -1.81. The zero-order valence-corrected chi connectivity index (χ0v) is 3.81. The monoisotopic (exact) mass is 87.1 g/mol. The van der Waals surface area contributed by atoms with Crippen LogP contribution in [0.1, 0.15) is 13.3 Å². The number of allylic oxidation sites excluding steroid dienone is 1.